The highest BCUT2D eigenvalue weighted by Gasteiger charge is 2.17. The van der Waals surface area contributed by atoms with Gasteiger partial charge < -0.3 is 5.32 Å². The summed E-state index contributed by atoms with van der Waals surface area (Å²) in [5.74, 6) is 0.133. The number of amides is 1. The van der Waals surface area contributed by atoms with E-state index in [0.717, 1.165) is 15.8 Å². The fourth-order valence-electron chi connectivity index (χ4n) is 2.79. The Morgan fingerprint density at radius 2 is 1.62 bits per heavy atom. The van der Waals surface area contributed by atoms with Gasteiger partial charge in [0.2, 0.25) is 5.91 Å². The second-order valence-corrected chi connectivity index (χ2v) is 7.27. The maximum Gasteiger partial charge on any atom is 0.230 e. The number of nitrogens with one attached hydrogen (secondary N) is 1. The molecule has 132 valence electrons. The molecule has 0 heterocycles. The number of carbonyl (C=O) groups excluding carboxylic acids is 2. The summed E-state index contributed by atoms with van der Waals surface area (Å²) in [7, 11) is 0. The standard InChI is InChI=1S/C22H21NO2S/c1-16(24)21(13-17-7-3-2-4-8-17)23-22(25)15-26-20-12-11-18-9-5-6-10-19(18)14-20/h2-12,14,21H,13,15H2,1H3,(H,23,25)/t21-/m1/s1. The smallest absolute Gasteiger partial charge is 0.230 e. The van der Waals surface area contributed by atoms with Crippen LogP contribution in [0.3, 0.4) is 0 Å². The zero-order valence-electron chi connectivity index (χ0n) is 14.6. The molecule has 3 aromatic rings. The van der Waals surface area contributed by atoms with E-state index in [4.69, 9.17) is 0 Å². The van der Waals surface area contributed by atoms with Crippen molar-refractivity contribution < 1.29 is 9.59 Å². The Bertz CT molecular complexity index is 908. The van der Waals surface area contributed by atoms with Gasteiger partial charge in [0.15, 0.2) is 5.78 Å². The van der Waals surface area contributed by atoms with Crippen LogP contribution in [0.25, 0.3) is 10.8 Å². The number of hydrogen-bond acceptors (Lipinski definition) is 3. The second kappa shape index (κ2) is 8.68. The van der Waals surface area contributed by atoms with E-state index in [9.17, 15) is 9.59 Å². The van der Waals surface area contributed by atoms with Crippen LogP contribution < -0.4 is 5.32 Å². The number of benzene rings is 3. The van der Waals surface area contributed by atoms with Crippen molar-refractivity contribution >= 4 is 34.2 Å². The molecule has 0 aliphatic carbocycles. The monoisotopic (exact) mass is 363 g/mol. The third kappa shape index (κ3) is 4.96. The summed E-state index contributed by atoms with van der Waals surface area (Å²) < 4.78 is 0. The van der Waals surface area contributed by atoms with E-state index < -0.39 is 6.04 Å². The van der Waals surface area contributed by atoms with Crippen LogP contribution in [0.1, 0.15) is 12.5 Å². The lowest BCUT2D eigenvalue weighted by Crippen LogP contribution is -2.42. The normalized spacial score (nSPS) is 11.9. The number of Topliss-reactive ketones (excluding diaryl/α,β-unsaturated/α-hetero) is 1. The van der Waals surface area contributed by atoms with E-state index in [1.54, 1.807) is 0 Å². The maximum atomic E-state index is 12.3. The third-order valence-corrected chi connectivity index (χ3v) is 5.19. The van der Waals surface area contributed by atoms with Gasteiger partial charge in [-0.25, -0.2) is 0 Å². The van der Waals surface area contributed by atoms with Gasteiger partial charge in [0.1, 0.15) is 0 Å². The number of fused-ring (bicyclic) bond motifs is 1. The molecule has 4 heteroatoms. The zero-order valence-corrected chi connectivity index (χ0v) is 15.5. The minimum Gasteiger partial charge on any atom is -0.345 e. The minimum absolute atomic E-state index is 0.0297. The molecular formula is C22H21NO2S. The Hall–Kier alpha value is -2.59. The molecule has 0 unspecified atom stereocenters. The lowest BCUT2D eigenvalue weighted by Gasteiger charge is -2.16. The van der Waals surface area contributed by atoms with Crippen LogP contribution in [0.15, 0.2) is 77.7 Å². The van der Waals surface area contributed by atoms with Crippen molar-refractivity contribution in [2.24, 2.45) is 0 Å². The SMILES string of the molecule is CC(=O)[C@@H](Cc1ccccc1)NC(=O)CSc1ccc2ccccc2c1. The first-order chi connectivity index (χ1) is 12.6. The number of carbonyl (C=O) groups is 2. The van der Waals surface area contributed by atoms with Crippen molar-refractivity contribution in [2.45, 2.75) is 24.3 Å². The molecule has 0 radical (unpaired) electrons. The molecule has 3 nitrogen and oxygen atoms in total. The Balaban J connectivity index is 1.58. The fraction of sp³-hybridized carbons (Fsp3) is 0.182. The van der Waals surface area contributed by atoms with Gasteiger partial charge in [-0.15, -0.1) is 11.8 Å². The molecule has 0 bridgehead atoms. The molecule has 0 aliphatic rings. The molecule has 0 fully saturated rings. The number of hydrogen-bond donors (Lipinski definition) is 1. The lowest BCUT2D eigenvalue weighted by molar-refractivity contribution is -0.125. The van der Waals surface area contributed by atoms with E-state index >= 15 is 0 Å². The summed E-state index contributed by atoms with van der Waals surface area (Å²) in [5.41, 5.74) is 1.04. The Labute approximate surface area is 157 Å². The summed E-state index contributed by atoms with van der Waals surface area (Å²) in [4.78, 5) is 25.2. The van der Waals surface area contributed by atoms with Crippen LogP contribution in [0, 0.1) is 0 Å². The average molecular weight is 363 g/mol. The molecule has 26 heavy (non-hydrogen) atoms. The van der Waals surface area contributed by atoms with E-state index in [2.05, 4.69) is 29.6 Å². The summed E-state index contributed by atoms with van der Waals surface area (Å²) in [6.07, 6.45) is 0.516. The van der Waals surface area contributed by atoms with Crippen LogP contribution in [-0.2, 0) is 16.0 Å². The summed E-state index contributed by atoms with van der Waals surface area (Å²) in [6, 6.07) is 23.6. The summed E-state index contributed by atoms with van der Waals surface area (Å²) in [6.45, 7) is 1.52. The van der Waals surface area contributed by atoms with Crippen LogP contribution in [-0.4, -0.2) is 23.5 Å². The van der Waals surface area contributed by atoms with Gasteiger partial charge in [-0.05, 0) is 41.8 Å². The Morgan fingerprint density at radius 3 is 2.35 bits per heavy atom. The largest absolute Gasteiger partial charge is 0.345 e. The first-order valence-corrected chi connectivity index (χ1v) is 9.56. The predicted octanol–water partition coefficient (Wildman–Crippen LogP) is 4.25. The molecule has 3 aromatic carbocycles. The Morgan fingerprint density at radius 1 is 0.923 bits per heavy atom. The molecule has 0 spiro atoms. The van der Waals surface area contributed by atoms with Gasteiger partial charge in [-0.2, -0.15) is 0 Å². The molecule has 0 aromatic heterocycles. The van der Waals surface area contributed by atoms with Crippen LogP contribution in [0.4, 0.5) is 0 Å². The van der Waals surface area contributed by atoms with E-state index in [1.165, 1.54) is 24.1 Å². The highest BCUT2D eigenvalue weighted by Crippen LogP contribution is 2.23. The van der Waals surface area contributed by atoms with Crippen LogP contribution in [0.2, 0.25) is 0 Å². The van der Waals surface area contributed by atoms with Gasteiger partial charge in [0, 0.05) is 4.90 Å². The first-order valence-electron chi connectivity index (χ1n) is 8.57. The van der Waals surface area contributed by atoms with E-state index in [0.29, 0.717) is 6.42 Å². The molecule has 0 aliphatic heterocycles. The first kappa shape index (κ1) is 18.2. The van der Waals surface area contributed by atoms with Gasteiger partial charge in [-0.3, -0.25) is 9.59 Å². The van der Waals surface area contributed by atoms with Crippen molar-refractivity contribution in [1.82, 2.24) is 5.32 Å². The molecule has 1 amide bonds. The lowest BCUT2D eigenvalue weighted by atomic mass is 10.0. The fourth-order valence-corrected chi connectivity index (χ4v) is 3.54. The summed E-state index contributed by atoms with van der Waals surface area (Å²) in [5, 5.41) is 5.20. The van der Waals surface area contributed by atoms with Gasteiger partial charge in [0.25, 0.3) is 0 Å². The highest BCUT2D eigenvalue weighted by atomic mass is 32.2. The number of rotatable bonds is 7. The molecule has 0 saturated heterocycles. The summed E-state index contributed by atoms with van der Waals surface area (Å²) >= 11 is 1.48. The predicted molar refractivity (Wildman–Crippen MR) is 107 cm³/mol. The second-order valence-electron chi connectivity index (χ2n) is 6.22. The number of ketones is 1. The quantitative estimate of drug-likeness (QED) is 0.639. The van der Waals surface area contributed by atoms with Crippen molar-refractivity contribution in [1.29, 1.82) is 0 Å². The van der Waals surface area contributed by atoms with E-state index in [-0.39, 0.29) is 17.4 Å². The van der Waals surface area contributed by atoms with E-state index in [1.807, 2.05) is 48.5 Å². The zero-order chi connectivity index (χ0) is 18.4. The van der Waals surface area contributed by atoms with Crippen LogP contribution in [0.5, 0.6) is 0 Å². The maximum absolute atomic E-state index is 12.3. The van der Waals surface area contributed by atoms with Crippen molar-refractivity contribution in [3.8, 4) is 0 Å². The molecule has 1 atom stereocenters. The van der Waals surface area contributed by atoms with Crippen LogP contribution >= 0.6 is 11.8 Å². The third-order valence-electron chi connectivity index (χ3n) is 4.20. The van der Waals surface area contributed by atoms with Crippen molar-refractivity contribution in [3.63, 3.8) is 0 Å². The van der Waals surface area contributed by atoms with Crippen molar-refractivity contribution in [2.75, 3.05) is 5.75 Å². The average Bonchev–Trinajstić information content (AvgIpc) is 2.66. The van der Waals surface area contributed by atoms with Gasteiger partial charge in [-0.1, -0.05) is 60.7 Å². The minimum atomic E-state index is -0.484. The van der Waals surface area contributed by atoms with Crippen molar-refractivity contribution in [3.05, 3.63) is 78.4 Å². The molecule has 0 saturated carbocycles. The topological polar surface area (TPSA) is 46.2 Å². The van der Waals surface area contributed by atoms with Gasteiger partial charge >= 0.3 is 0 Å². The van der Waals surface area contributed by atoms with Gasteiger partial charge in [0.05, 0.1) is 11.8 Å². The molecule has 1 N–H and O–H groups in total. The molecular weight excluding hydrogens is 342 g/mol. The number of thioether (sulfide) groups is 1. The molecule has 3 rings (SSSR count). The Kier molecular flexibility index (Phi) is 6.08. The highest BCUT2D eigenvalue weighted by molar-refractivity contribution is 8.00.